The van der Waals surface area contributed by atoms with Crippen LogP contribution in [0, 0.1) is 0 Å². The van der Waals surface area contributed by atoms with Gasteiger partial charge in [0.05, 0.1) is 0 Å². The molecular formula is C8H11O2Si. The minimum absolute atomic E-state index is 0.708. The molecule has 1 radical (unpaired) electrons. The van der Waals surface area contributed by atoms with Crippen LogP contribution in [0.2, 0.25) is 0 Å². The summed E-state index contributed by atoms with van der Waals surface area (Å²) in [6.07, 6.45) is 0.853. The van der Waals surface area contributed by atoms with Gasteiger partial charge in [-0.2, -0.15) is 0 Å². The van der Waals surface area contributed by atoms with Crippen molar-refractivity contribution in [2.24, 2.45) is 0 Å². The van der Waals surface area contributed by atoms with Gasteiger partial charge in [-0.25, -0.2) is 0 Å². The van der Waals surface area contributed by atoms with Gasteiger partial charge >= 0.3 is 9.28 Å². The summed E-state index contributed by atoms with van der Waals surface area (Å²) in [5.74, 6) is 0. The summed E-state index contributed by atoms with van der Waals surface area (Å²) in [7, 11) is -2.25. The van der Waals surface area contributed by atoms with Crippen LogP contribution in [0.1, 0.15) is 12.5 Å². The number of benzene rings is 1. The quantitative estimate of drug-likeness (QED) is 0.605. The van der Waals surface area contributed by atoms with Gasteiger partial charge in [0.25, 0.3) is 0 Å². The zero-order chi connectivity index (χ0) is 8.27. The van der Waals surface area contributed by atoms with Crippen molar-refractivity contribution in [2.45, 2.75) is 13.3 Å². The third-order valence-electron chi connectivity index (χ3n) is 1.64. The first-order chi connectivity index (χ1) is 5.25. The van der Waals surface area contributed by atoms with Crippen molar-refractivity contribution >= 4 is 14.5 Å². The zero-order valence-electron chi connectivity index (χ0n) is 6.41. The normalized spacial score (nSPS) is 10.5. The lowest BCUT2D eigenvalue weighted by molar-refractivity contribution is 0.425. The average molecular weight is 167 g/mol. The maximum atomic E-state index is 8.99. The van der Waals surface area contributed by atoms with E-state index in [0.717, 1.165) is 12.0 Å². The fourth-order valence-corrected chi connectivity index (χ4v) is 1.84. The second-order valence-electron chi connectivity index (χ2n) is 2.33. The highest BCUT2D eigenvalue weighted by Gasteiger charge is 2.11. The molecule has 0 atom stereocenters. The Hall–Kier alpha value is -0.643. The van der Waals surface area contributed by atoms with Gasteiger partial charge in [-0.05, 0) is 17.2 Å². The number of hydrogen-bond donors (Lipinski definition) is 2. The second kappa shape index (κ2) is 3.66. The first-order valence-electron chi connectivity index (χ1n) is 3.59. The maximum Gasteiger partial charge on any atom is 0.418 e. The zero-order valence-corrected chi connectivity index (χ0v) is 7.41. The molecule has 0 heterocycles. The van der Waals surface area contributed by atoms with Crippen LogP contribution in [-0.2, 0) is 6.42 Å². The highest BCUT2D eigenvalue weighted by molar-refractivity contribution is 6.59. The van der Waals surface area contributed by atoms with E-state index in [9.17, 15) is 0 Å². The summed E-state index contributed by atoms with van der Waals surface area (Å²) in [4.78, 5) is 18.0. The van der Waals surface area contributed by atoms with Crippen LogP contribution < -0.4 is 5.19 Å². The lowest BCUT2D eigenvalue weighted by atomic mass is 10.2. The van der Waals surface area contributed by atoms with Gasteiger partial charge in [0.2, 0.25) is 0 Å². The fraction of sp³-hybridized carbons (Fsp3) is 0.250. The predicted octanol–water partition coefficient (Wildman–Crippen LogP) is -0.0712. The molecule has 1 aromatic rings. The largest absolute Gasteiger partial charge is 0.418 e. The Morgan fingerprint density at radius 1 is 1.27 bits per heavy atom. The van der Waals surface area contributed by atoms with Gasteiger partial charge in [-0.15, -0.1) is 0 Å². The summed E-state index contributed by atoms with van der Waals surface area (Å²) in [6, 6.07) is 7.43. The van der Waals surface area contributed by atoms with Gasteiger partial charge in [0, 0.05) is 0 Å². The topological polar surface area (TPSA) is 40.5 Å². The van der Waals surface area contributed by atoms with Crippen LogP contribution in [0.4, 0.5) is 0 Å². The monoisotopic (exact) mass is 167 g/mol. The van der Waals surface area contributed by atoms with E-state index in [0.29, 0.717) is 5.19 Å². The third kappa shape index (κ3) is 1.89. The van der Waals surface area contributed by atoms with E-state index in [-0.39, 0.29) is 0 Å². The van der Waals surface area contributed by atoms with Crippen molar-refractivity contribution < 1.29 is 9.59 Å². The molecule has 0 spiro atoms. The van der Waals surface area contributed by atoms with Crippen LogP contribution in [0.25, 0.3) is 0 Å². The van der Waals surface area contributed by atoms with E-state index in [1.54, 1.807) is 6.07 Å². The molecule has 0 aromatic heterocycles. The smallest absolute Gasteiger partial charge is 0.406 e. The molecule has 0 amide bonds. The van der Waals surface area contributed by atoms with E-state index in [2.05, 4.69) is 0 Å². The average Bonchev–Trinajstić information content (AvgIpc) is 2.04. The minimum Gasteiger partial charge on any atom is -0.406 e. The lowest BCUT2D eigenvalue weighted by Gasteiger charge is -2.04. The van der Waals surface area contributed by atoms with Crippen molar-refractivity contribution in [3.63, 3.8) is 0 Å². The molecule has 1 aromatic carbocycles. The van der Waals surface area contributed by atoms with Crippen LogP contribution in [0.3, 0.4) is 0 Å². The second-order valence-corrected chi connectivity index (χ2v) is 3.52. The van der Waals surface area contributed by atoms with Crippen LogP contribution in [0.15, 0.2) is 24.3 Å². The highest BCUT2D eigenvalue weighted by atomic mass is 28.3. The van der Waals surface area contributed by atoms with Gasteiger partial charge in [0.1, 0.15) is 0 Å². The molecule has 59 valence electrons. The Morgan fingerprint density at radius 2 is 1.91 bits per heavy atom. The number of aryl methyl sites for hydroxylation is 1. The van der Waals surface area contributed by atoms with Crippen LogP contribution in [-0.4, -0.2) is 18.9 Å². The van der Waals surface area contributed by atoms with Crippen molar-refractivity contribution in [2.75, 3.05) is 0 Å². The SMILES string of the molecule is CCc1ccccc1[Si](O)O. The lowest BCUT2D eigenvalue weighted by Crippen LogP contribution is -2.32. The summed E-state index contributed by atoms with van der Waals surface area (Å²) in [6.45, 7) is 2.00. The Labute approximate surface area is 68.0 Å². The maximum absolute atomic E-state index is 8.99. The molecule has 0 saturated carbocycles. The Balaban J connectivity index is 3.02. The Bertz CT molecular complexity index is 235. The van der Waals surface area contributed by atoms with E-state index in [1.807, 2.05) is 25.1 Å². The molecule has 2 N–H and O–H groups in total. The first-order valence-corrected chi connectivity index (χ1v) is 4.98. The standard InChI is InChI=1S/C8H11O2Si/c1-2-7-5-3-4-6-8(7)11(9)10/h3-6,9-10H,2H2,1H3. The fourth-order valence-electron chi connectivity index (χ4n) is 1.05. The van der Waals surface area contributed by atoms with Crippen LogP contribution in [0.5, 0.6) is 0 Å². The van der Waals surface area contributed by atoms with Crippen molar-refractivity contribution in [1.82, 2.24) is 0 Å². The molecule has 0 aliphatic carbocycles. The minimum atomic E-state index is -2.25. The van der Waals surface area contributed by atoms with Crippen molar-refractivity contribution in [3.05, 3.63) is 29.8 Å². The predicted molar refractivity (Wildman–Crippen MR) is 45.6 cm³/mol. The summed E-state index contributed by atoms with van der Waals surface area (Å²) < 4.78 is 0. The van der Waals surface area contributed by atoms with Crippen molar-refractivity contribution in [3.8, 4) is 0 Å². The number of rotatable bonds is 2. The van der Waals surface area contributed by atoms with Gasteiger partial charge in [-0.3, -0.25) is 0 Å². The number of hydrogen-bond acceptors (Lipinski definition) is 2. The molecule has 0 aliphatic rings. The molecular weight excluding hydrogens is 156 g/mol. The molecule has 0 fully saturated rings. The Kier molecular flexibility index (Phi) is 2.81. The first kappa shape index (κ1) is 8.45. The van der Waals surface area contributed by atoms with Crippen LogP contribution >= 0.6 is 0 Å². The third-order valence-corrected chi connectivity index (χ3v) is 2.61. The van der Waals surface area contributed by atoms with Crippen molar-refractivity contribution in [1.29, 1.82) is 0 Å². The van der Waals surface area contributed by atoms with Gasteiger partial charge in [0.15, 0.2) is 0 Å². The molecule has 0 saturated heterocycles. The molecule has 0 aliphatic heterocycles. The van der Waals surface area contributed by atoms with Gasteiger partial charge < -0.3 is 9.59 Å². The summed E-state index contributed by atoms with van der Waals surface area (Å²) in [5, 5.41) is 0.708. The molecule has 3 heteroatoms. The van der Waals surface area contributed by atoms with E-state index >= 15 is 0 Å². The molecule has 0 unspecified atom stereocenters. The van der Waals surface area contributed by atoms with E-state index < -0.39 is 9.28 Å². The van der Waals surface area contributed by atoms with E-state index in [1.165, 1.54) is 0 Å². The molecule has 11 heavy (non-hydrogen) atoms. The van der Waals surface area contributed by atoms with Gasteiger partial charge in [-0.1, -0.05) is 31.2 Å². The summed E-state index contributed by atoms with van der Waals surface area (Å²) >= 11 is 0. The highest BCUT2D eigenvalue weighted by Crippen LogP contribution is 1.96. The van der Waals surface area contributed by atoms with E-state index in [4.69, 9.17) is 9.59 Å². The molecule has 0 bridgehead atoms. The Morgan fingerprint density at radius 3 is 2.36 bits per heavy atom. The molecule has 2 nitrogen and oxygen atoms in total. The molecule has 1 rings (SSSR count). The summed E-state index contributed by atoms with van der Waals surface area (Å²) in [5.41, 5.74) is 1.03.